The molecule has 1 aliphatic carbocycles. The molecule has 1 unspecified atom stereocenters. The van der Waals surface area contributed by atoms with Crippen molar-refractivity contribution in [1.82, 2.24) is 0 Å². The van der Waals surface area contributed by atoms with Gasteiger partial charge in [0.25, 0.3) is 0 Å². The van der Waals surface area contributed by atoms with Crippen molar-refractivity contribution in [3.05, 3.63) is 107 Å². The number of hydrogen-bond donors (Lipinski definition) is 0. The number of aliphatic imine (C=N–C) groups is 1. The molecule has 1 spiro atoms. The Morgan fingerprint density at radius 1 is 0.545 bits per heavy atom. The minimum atomic E-state index is -0.793. The van der Waals surface area contributed by atoms with Gasteiger partial charge >= 0.3 is 0 Å². The monoisotopic (exact) mass is 586 g/mol. The van der Waals surface area contributed by atoms with Crippen molar-refractivity contribution in [1.29, 1.82) is 0 Å². The molecule has 1 heterocycles. The highest BCUT2D eigenvalue weighted by atomic mass is 16.5. The Labute approximate surface area is 263 Å². The van der Waals surface area contributed by atoms with Gasteiger partial charge in [0.1, 0.15) is 0 Å². The molecule has 228 valence electrons. The van der Waals surface area contributed by atoms with Crippen LogP contribution in [0.4, 0.5) is 22.7 Å². The van der Waals surface area contributed by atoms with Crippen LogP contribution in [0, 0.1) is 0 Å². The van der Waals surface area contributed by atoms with E-state index >= 15 is 0 Å². The van der Waals surface area contributed by atoms with E-state index < -0.39 is 5.60 Å². The van der Waals surface area contributed by atoms with E-state index in [0.717, 1.165) is 56.4 Å². The molecule has 0 bridgehead atoms. The van der Waals surface area contributed by atoms with Crippen LogP contribution in [0.15, 0.2) is 89.9 Å². The van der Waals surface area contributed by atoms with E-state index in [2.05, 4.69) is 141 Å². The maximum Gasteiger partial charge on any atom is 0.194 e. The van der Waals surface area contributed by atoms with E-state index in [9.17, 15) is 0 Å². The molecule has 0 fully saturated rings. The fourth-order valence-electron chi connectivity index (χ4n) is 7.17. The Hall–Kier alpha value is -4.25. The first-order valence-electron chi connectivity index (χ1n) is 16.5. The van der Waals surface area contributed by atoms with Gasteiger partial charge in [-0.15, -0.1) is 0 Å². The third-order valence-electron chi connectivity index (χ3n) is 9.52. The van der Waals surface area contributed by atoms with Gasteiger partial charge in [-0.1, -0.05) is 48.5 Å². The number of ether oxygens (including phenoxy) is 1. The van der Waals surface area contributed by atoms with Gasteiger partial charge in [-0.05, 0) is 94.6 Å². The summed E-state index contributed by atoms with van der Waals surface area (Å²) in [4.78, 5) is 12.5. The van der Waals surface area contributed by atoms with E-state index in [1.807, 2.05) is 0 Å². The molecule has 0 saturated carbocycles. The number of fused-ring (bicyclic) bond motifs is 7. The lowest BCUT2D eigenvalue weighted by Gasteiger charge is -2.38. The van der Waals surface area contributed by atoms with Gasteiger partial charge < -0.3 is 19.4 Å². The molecule has 0 amide bonds. The summed E-state index contributed by atoms with van der Waals surface area (Å²) in [6.45, 7) is 19.1. The van der Waals surface area contributed by atoms with Gasteiger partial charge in [-0.2, -0.15) is 0 Å². The molecule has 0 saturated heterocycles. The first kappa shape index (κ1) is 29.8. The van der Waals surface area contributed by atoms with Crippen molar-refractivity contribution in [2.24, 2.45) is 4.99 Å². The molecule has 1 atom stereocenters. The summed E-state index contributed by atoms with van der Waals surface area (Å²) in [6.07, 6.45) is 0.634. The normalized spacial score (nSPS) is 16.1. The van der Waals surface area contributed by atoms with E-state index in [-0.39, 0.29) is 0 Å². The van der Waals surface area contributed by atoms with Gasteiger partial charge in [0, 0.05) is 79.4 Å². The molecule has 5 nitrogen and oxygen atoms in total. The van der Waals surface area contributed by atoms with Crippen LogP contribution in [0.2, 0.25) is 0 Å². The zero-order valence-electron chi connectivity index (χ0n) is 27.2. The predicted molar refractivity (Wildman–Crippen MR) is 187 cm³/mol. The first-order chi connectivity index (χ1) is 21.5. The summed E-state index contributed by atoms with van der Waals surface area (Å²) < 4.78 is 7.33. The van der Waals surface area contributed by atoms with E-state index in [1.165, 1.54) is 44.9 Å². The second kappa shape index (κ2) is 12.4. The second-order valence-corrected chi connectivity index (χ2v) is 11.6. The van der Waals surface area contributed by atoms with Crippen LogP contribution in [0.5, 0.6) is 0 Å². The van der Waals surface area contributed by atoms with Crippen LogP contribution in [0.3, 0.4) is 0 Å². The number of nitrogens with zero attached hydrogens (tertiary/aromatic N) is 4. The van der Waals surface area contributed by atoms with Crippen molar-refractivity contribution in [3.63, 3.8) is 0 Å². The Bertz CT molecular complexity index is 1650. The molecule has 4 aromatic rings. The molecule has 6 rings (SSSR count). The average Bonchev–Trinajstić information content (AvgIpc) is 3.32. The lowest BCUT2D eigenvalue weighted by molar-refractivity contribution is 0.137. The minimum absolute atomic E-state index is 0.634. The van der Waals surface area contributed by atoms with Crippen molar-refractivity contribution >= 4 is 28.6 Å². The quantitative estimate of drug-likeness (QED) is 0.176. The highest BCUT2D eigenvalue weighted by Gasteiger charge is 2.51. The first-order valence-corrected chi connectivity index (χ1v) is 16.5. The molecular weight excluding hydrogens is 540 g/mol. The fourth-order valence-corrected chi connectivity index (χ4v) is 7.17. The summed E-state index contributed by atoms with van der Waals surface area (Å²) in [5.74, 6) is 0.750. The average molecular weight is 587 g/mol. The van der Waals surface area contributed by atoms with Crippen LogP contribution < -0.4 is 14.7 Å². The Morgan fingerprint density at radius 3 is 1.70 bits per heavy atom. The van der Waals surface area contributed by atoms with E-state index in [4.69, 9.17) is 9.73 Å². The highest BCUT2D eigenvalue weighted by molar-refractivity contribution is 5.93. The number of hydrogen-bond acceptors (Lipinski definition) is 5. The van der Waals surface area contributed by atoms with Crippen molar-refractivity contribution < 1.29 is 4.74 Å². The number of rotatable bonds is 11. The maximum absolute atomic E-state index is 7.33. The maximum atomic E-state index is 7.33. The smallest absolute Gasteiger partial charge is 0.194 e. The topological polar surface area (TPSA) is 31.3 Å². The van der Waals surface area contributed by atoms with Crippen LogP contribution in [-0.4, -0.2) is 45.2 Å². The van der Waals surface area contributed by atoms with Crippen molar-refractivity contribution in [2.45, 2.75) is 53.6 Å². The lowest BCUT2D eigenvalue weighted by atomic mass is 9.81. The third kappa shape index (κ3) is 4.92. The van der Waals surface area contributed by atoms with Gasteiger partial charge in [-0.25, -0.2) is 4.99 Å². The summed E-state index contributed by atoms with van der Waals surface area (Å²) in [7, 11) is 0. The minimum Gasteiger partial charge on any atom is -0.459 e. The molecule has 44 heavy (non-hydrogen) atoms. The molecule has 0 N–H and O–H groups in total. The Balaban J connectivity index is 1.63. The van der Waals surface area contributed by atoms with E-state index in [0.29, 0.717) is 6.42 Å². The predicted octanol–water partition coefficient (Wildman–Crippen LogP) is 8.80. The molecule has 2 aliphatic rings. The third-order valence-corrected chi connectivity index (χ3v) is 9.52. The Kier molecular flexibility index (Phi) is 8.40. The molecule has 0 radical (unpaired) electrons. The van der Waals surface area contributed by atoms with Gasteiger partial charge in [-0.3, -0.25) is 0 Å². The summed E-state index contributed by atoms with van der Waals surface area (Å²) in [5.41, 5.74) is 11.0. The van der Waals surface area contributed by atoms with Crippen LogP contribution >= 0.6 is 0 Å². The van der Waals surface area contributed by atoms with Crippen LogP contribution in [0.25, 0.3) is 11.1 Å². The van der Waals surface area contributed by atoms with Crippen molar-refractivity contribution in [2.75, 3.05) is 54.0 Å². The zero-order valence-corrected chi connectivity index (χ0v) is 27.2. The van der Waals surface area contributed by atoms with Crippen LogP contribution in [-0.2, 0) is 16.8 Å². The number of benzene rings is 4. The lowest BCUT2D eigenvalue weighted by Crippen LogP contribution is -2.37. The molecule has 4 aromatic carbocycles. The molecule has 0 aromatic heterocycles. The summed E-state index contributed by atoms with van der Waals surface area (Å²) >= 11 is 0. The van der Waals surface area contributed by atoms with E-state index in [1.54, 1.807) is 0 Å². The largest absolute Gasteiger partial charge is 0.459 e. The summed E-state index contributed by atoms with van der Waals surface area (Å²) in [6, 6.07) is 31.3. The molecule has 1 aliphatic heterocycles. The highest BCUT2D eigenvalue weighted by Crippen LogP contribution is 2.58. The standard InChI is InChI=1S/C39H46N4O/c1-7-41(8-2)29-19-22-34-33(25-29)32-21-18-30(42(9-3)10-4)26-36(32)39(34)35-23-20-31(43(11-5)12-6)27-37(35)40-38(44-39)24-28-16-14-13-15-17-28/h13-23,25-27H,7-12,24H2,1-6H3. The second-order valence-electron chi connectivity index (χ2n) is 11.6. The fraction of sp³-hybridized carbons (Fsp3) is 0.359. The van der Waals surface area contributed by atoms with Gasteiger partial charge in [0.2, 0.25) is 0 Å². The molecule has 5 heteroatoms. The SMILES string of the molecule is CCN(CC)c1ccc2c(c1)N=C(Cc1ccccc1)OC21c2ccc(N(CC)CC)cc2-c2ccc(N(CC)CC)cc21. The Morgan fingerprint density at radius 2 is 1.09 bits per heavy atom. The molecular formula is C39H46N4O. The van der Waals surface area contributed by atoms with Crippen molar-refractivity contribution in [3.8, 4) is 11.1 Å². The number of anilines is 3. The zero-order chi connectivity index (χ0) is 30.8. The van der Waals surface area contributed by atoms with Crippen LogP contribution in [0.1, 0.15) is 63.8 Å². The van der Waals surface area contributed by atoms with Gasteiger partial charge in [0.05, 0.1) is 5.69 Å². The van der Waals surface area contributed by atoms with Gasteiger partial charge in [0.15, 0.2) is 11.5 Å². The summed E-state index contributed by atoms with van der Waals surface area (Å²) in [5, 5.41) is 0.